The van der Waals surface area contributed by atoms with Gasteiger partial charge in [0.1, 0.15) is 5.75 Å². The highest BCUT2D eigenvalue weighted by Crippen LogP contribution is 2.30. The molecule has 3 nitrogen and oxygen atoms in total. The average molecular weight is 228 g/mol. The van der Waals surface area contributed by atoms with Gasteiger partial charge in [0.2, 0.25) is 5.88 Å². The minimum Gasteiger partial charge on any atom is -0.437 e. The average Bonchev–Trinajstić information content (AvgIpc) is 2.40. The van der Waals surface area contributed by atoms with Crippen molar-refractivity contribution in [3.05, 3.63) is 48.2 Å². The van der Waals surface area contributed by atoms with Crippen molar-refractivity contribution in [2.24, 2.45) is 0 Å². The first-order valence-electron chi connectivity index (χ1n) is 5.85. The molecule has 2 rings (SSSR count). The summed E-state index contributed by atoms with van der Waals surface area (Å²) in [5.74, 6) is 1.87. The summed E-state index contributed by atoms with van der Waals surface area (Å²) >= 11 is 0. The van der Waals surface area contributed by atoms with Gasteiger partial charge in [-0.3, -0.25) is 0 Å². The van der Waals surface area contributed by atoms with Gasteiger partial charge in [0, 0.05) is 12.3 Å². The highest BCUT2D eigenvalue weighted by molar-refractivity contribution is 5.38. The quantitative estimate of drug-likeness (QED) is 0.798. The maximum Gasteiger partial charge on any atom is 0.238 e. The second kappa shape index (κ2) is 5.43. The number of aromatic nitrogens is 2. The molecule has 0 saturated carbocycles. The molecule has 0 spiro atoms. The van der Waals surface area contributed by atoms with Crippen molar-refractivity contribution in [3.8, 4) is 11.6 Å². The largest absolute Gasteiger partial charge is 0.437 e. The van der Waals surface area contributed by atoms with E-state index >= 15 is 0 Å². The Labute approximate surface area is 101 Å². The Morgan fingerprint density at radius 2 is 2.00 bits per heavy atom. The van der Waals surface area contributed by atoms with Crippen molar-refractivity contribution in [1.29, 1.82) is 0 Å². The van der Waals surface area contributed by atoms with Crippen molar-refractivity contribution in [3.63, 3.8) is 0 Å². The molecule has 1 heterocycles. The minimum absolute atomic E-state index is 0.475. The fraction of sp³-hybridized carbons (Fsp3) is 0.286. The van der Waals surface area contributed by atoms with E-state index in [1.807, 2.05) is 24.3 Å². The van der Waals surface area contributed by atoms with Gasteiger partial charge >= 0.3 is 0 Å². The Bertz CT molecular complexity index is 471. The van der Waals surface area contributed by atoms with Crippen LogP contribution >= 0.6 is 0 Å². The van der Waals surface area contributed by atoms with Gasteiger partial charge in [-0.1, -0.05) is 32.0 Å². The third kappa shape index (κ3) is 2.81. The van der Waals surface area contributed by atoms with Crippen LogP contribution in [0.4, 0.5) is 0 Å². The van der Waals surface area contributed by atoms with Crippen LogP contribution in [0.2, 0.25) is 0 Å². The SMILES string of the molecule is CCC(C)c1ccccc1Oc1cccnn1. The van der Waals surface area contributed by atoms with Gasteiger partial charge in [-0.2, -0.15) is 5.10 Å². The summed E-state index contributed by atoms with van der Waals surface area (Å²) in [6.07, 6.45) is 2.72. The zero-order chi connectivity index (χ0) is 12.1. The van der Waals surface area contributed by atoms with E-state index in [2.05, 4.69) is 30.1 Å². The molecule has 2 aromatic rings. The molecule has 3 heteroatoms. The standard InChI is InChI=1S/C14H16N2O/c1-3-11(2)12-7-4-5-8-13(12)17-14-9-6-10-15-16-14/h4-11H,3H2,1-2H3. The van der Waals surface area contributed by atoms with E-state index in [1.54, 1.807) is 12.3 Å². The monoisotopic (exact) mass is 228 g/mol. The molecule has 0 N–H and O–H groups in total. The summed E-state index contributed by atoms with van der Waals surface area (Å²) in [5, 5.41) is 7.73. The summed E-state index contributed by atoms with van der Waals surface area (Å²) < 4.78 is 5.76. The zero-order valence-corrected chi connectivity index (χ0v) is 10.1. The molecular weight excluding hydrogens is 212 g/mol. The lowest BCUT2D eigenvalue weighted by Gasteiger charge is -2.14. The molecule has 0 fully saturated rings. The smallest absolute Gasteiger partial charge is 0.238 e. The third-order valence-electron chi connectivity index (χ3n) is 2.82. The number of hydrogen-bond acceptors (Lipinski definition) is 3. The highest BCUT2D eigenvalue weighted by atomic mass is 16.5. The number of para-hydroxylation sites is 1. The van der Waals surface area contributed by atoms with Crippen molar-refractivity contribution in [1.82, 2.24) is 10.2 Å². The Morgan fingerprint density at radius 1 is 1.18 bits per heavy atom. The van der Waals surface area contributed by atoms with Crippen LogP contribution in [0.25, 0.3) is 0 Å². The van der Waals surface area contributed by atoms with E-state index < -0.39 is 0 Å². The lowest BCUT2D eigenvalue weighted by atomic mass is 9.98. The molecule has 1 aromatic carbocycles. The van der Waals surface area contributed by atoms with Gasteiger partial charge in [-0.05, 0) is 30.0 Å². The van der Waals surface area contributed by atoms with E-state index in [0.29, 0.717) is 11.8 Å². The normalized spacial score (nSPS) is 12.1. The van der Waals surface area contributed by atoms with Crippen LogP contribution in [-0.2, 0) is 0 Å². The molecule has 88 valence electrons. The third-order valence-corrected chi connectivity index (χ3v) is 2.82. The molecule has 0 aliphatic heterocycles. The van der Waals surface area contributed by atoms with Crippen molar-refractivity contribution < 1.29 is 4.74 Å². The van der Waals surface area contributed by atoms with E-state index in [-0.39, 0.29) is 0 Å². The van der Waals surface area contributed by atoms with Crippen LogP contribution in [0.5, 0.6) is 11.6 Å². The second-order valence-corrected chi connectivity index (χ2v) is 4.01. The first kappa shape index (κ1) is 11.6. The van der Waals surface area contributed by atoms with Crippen LogP contribution in [0.1, 0.15) is 31.7 Å². The van der Waals surface area contributed by atoms with Gasteiger partial charge in [0.15, 0.2) is 0 Å². The summed E-state index contributed by atoms with van der Waals surface area (Å²) in [4.78, 5) is 0. The molecule has 0 amide bonds. The Morgan fingerprint density at radius 3 is 2.71 bits per heavy atom. The fourth-order valence-corrected chi connectivity index (χ4v) is 1.66. The van der Waals surface area contributed by atoms with Crippen LogP contribution in [0.3, 0.4) is 0 Å². The summed E-state index contributed by atoms with van der Waals surface area (Å²) in [5.41, 5.74) is 1.21. The van der Waals surface area contributed by atoms with Gasteiger partial charge in [0.25, 0.3) is 0 Å². The number of ether oxygens (including phenoxy) is 1. The molecule has 0 radical (unpaired) electrons. The molecular formula is C14H16N2O. The van der Waals surface area contributed by atoms with Crippen LogP contribution < -0.4 is 4.74 Å². The molecule has 0 aliphatic carbocycles. The van der Waals surface area contributed by atoms with Crippen molar-refractivity contribution in [2.45, 2.75) is 26.2 Å². The minimum atomic E-state index is 0.475. The topological polar surface area (TPSA) is 35.0 Å². The molecule has 0 saturated heterocycles. The first-order valence-corrected chi connectivity index (χ1v) is 5.85. The second-order valence-electron chi connectivity index (χ2n) is 4.01. The number of rotatable bonds is 4. The maximum atomic E-state index is 5.76. The molecule has 1 unspecified atom stereocenters. The molecule has 1 atom stereocenters. The Kier molecular flexibility index (Phi) is 3.70. The summed E-state index contributed by atoms with van der Waals surface area (Å²) in [7, 11) is 0. The number of nitrogens with zero attached hydrogens (tertiary/aromatic N) is 2. The molecule has 0 bridgehead atoms. The Hall–Kier alpha value is -1.90. The fourth-order valence-electron chi connectivity index (χ4n) is 1.66. The van der Waals surface area contributed by atoms with E-state index in [0.717, 1.165) is 12.2 Å². The van der Waals surface area contributed by atoms with Gasteiger partial charge in [-0.15, -0.1) is 5.10 Å². The number of hydrogen-bond donors (Lipinski definition) is 0. The number of benzene rings is 1. The molecule has 0 aliphatic rings. The molecule has 1 aromatic heterocycles. The maximum absolute atomic E-state index is 5.76. The predicted octanol–water partition coefficient (Wildman–Crippen LogP) is 3.78. The van der Waals surface area contributed by atoms with Gasteiger partial charge < -0.3 is 4.74 Å². The summed E-state index contributed by atoms with van der Waals surface area (Å²) in [6.45, 7) is 4.36. The van der Waals surface area contributed by atoms with E-state index in [4.69, 9.17) is 4.74 Å². The lowest BCUT2D eigenvalue weighted by Crippen LogP contribution is -1.97. The predicted molar refractivity (Wildman–Crippen MR) is 67.3 cm³/mol. The highest BCUT2D eigenvalue weighted by Gasteiger charge is 2.10. The van der Waals surface area contributed by atoms with E-state index in [9.17, 15) is 0 Å². The van der Waals surface area contributed by atoms with Crippen molar-refractivity contribution in [2.75, 3.05) is 0 Å². The summed E-state index contributed by atoms with van der Waals surface area (Å²) in [6, 6.07) is 11.7. The molecule has 17 heavy (non-hydrogen) atoms. The van der Waals surface area contributed by atoms with Crippen LogP contribution in [0, 0.1) is 0 Å². The van der Waals surface area contributed by atoms with Gasteiger partial charge in [0.05, 0.1) is 0 Å². The zero-order valence-electron chi connectivity index (χ0n) is 10.1. The van der Waals surface area contributed by atoms with Crippen LogP contribution in [-0.4, -0.2) is 10.2 Å². The van der Waals surface area contributed by atoms with E-state index in [1.165, 1.54) is 5.56 Å². The Balaban J connectivity index is 2.27. The first-order chi connectivity index (χ1) is 8.31. The van der Waals surface area contributed by atoms with Gasteiger partial charge in [-0.25, -0.2) is 0 Å². The van der Waals surface area contributed by atoms with Crippen molar-refractivity contribution >= 4 is 0 Å². The lowest BCUT2D eigenvalue weighted by molar-refractivity contribution is 0.445. The van der Waals surface area contributed by atoms with Crippen LogP contribution in [0.15, 0.2) is 42.6 Å².